The first kappa shape index (κ1) is 15.7. The van der Waals surface area contributed by atoms with Crippen molar-refractivity contribution < 1.29 is 4.79 Å². The Bertz CT molecular complexity index is 689. The van der Waals surface area contributed by atoms with E-state index in [1.54, 1.807) is 0 Å². The van der Waals surface area contributed by atoms with Crippen molar-refractivity contribution in [2.24, 2.45) is 11.7 Å². The Balaban J connectivity index is 1.75. The van der Waals surface area contributed by atoms with Crippen molar-refractivity contribution in [3.8, 4) is 5.69 Å². The molecule has 1 heterocycles. The smallest absolute Gasteiger partial charge is 0.224 e. The van der Waals surface area contributed by atoms with Gasteiger partial charge in [-0.25, -0.2) is 4.68 Å². The van der Waals surface area contributed by atoms with Crippen LogP contribution in [0.1, 0.15) is 29.8 Å². The number of hydrogen-bond acceptors (Lipinski definition) is 3. The number of para-hydroxylation sites is 1. The minimum atomic E-state index is 0.0335. The lowest BCUT2D eigenvalue weighted by molar-refractivity contribution is -0.121. The second-order valence-corrected chi connectivity index (χ2v) is 6.32. The maximum atomic E-state index is 12.4. The van der Waals surface area contributed by atoms with Gasteiger partial charge in [0.05, 0.1) is 17.8 Å². The lowest BCUT2D eigenvalue weighted by Gasteiger charge is -2.16. The van der Waals surface area contributed by atoms with Crippen LogP contribution in [0.25, 0.3) is 5.69 Å². The van der Waals surface area contributed by atoms with E-state index in [4.69, 9.17) is 5.73 Å². The Hall–Kier alpha value is -2.14. The van der Waals surface area contributed by atoms with E-state index in [1.165, 1.54) is 12.8 Å². The summed E-state index contributed by atoms with van der Waals surface area (Å²) in [5.74, 6) is 0.601. The van der Waals surface area contributed by atoms with Gasteiger partial charge in [0.15, 0.2) is 0 Å². The monoisotopic (exact) mass is 312 g/mol. The molecule has 3 rings (SSSR count). The highest BCUT2D eigenvalue weighted by Gasteiger charge is 2.31. The molecule has 1 unspecified atom stereocenters. The summed E-state index contributed by atoms with van der Waals surface area (Å²) in [6.45, 7) is 4.48. The largest absolute Gasteiger partial charge is 0.352 e. The van der Waals surface area contributed by atoms with E-state index in [9.17, 15) is 4.79 Å². The molecule has 5 heteroatoms. The van der Waals surface area contributed by atoms with Crippen LogP contribution >= 0.6 is 0 Å². The van der Waals surface area contributed by atoms with Crippen molar-refractivity contribution in [3.63, 3.8) is 0 Å². The number of benzene rings is 1. The van der Waals surface area contributed by atoms with Gasteiger partial charge < -0.3 is 11.1 Å². The molecule has 1 atom stereocenters. The van der Waals surface area contributed by atoms with Crippen LogP contribution in [0.5, 0.6) is 0 Å². The van der Waals surface area contributed by atoms with Crippen molar-refractivity contribution in [1.82, 2.24) is 15.1 Å². The van der Waals surface area contributed by atoms with Crippen LogP contribution < -0.4 is 11.1 Å². The summed E-state index contributed by atoms with van der Waals surface area (Å²) < 4.78 is 1.90. The molecule has 5 nitrogen and oxygen atoms in total. The van der Waals surface area contributed by atoms with Crippen LogP contribution in [-0.2, 0) is 11.2 Å². The normalized spacial score (nSPS) is 15.4. The predicted molar refractivity (Wildman–Crippen MR) is 90.5 cm³/mol. The summed E-state index contributed by atoms with van der Waals surface area (Å²) in [6, 6.07) is 10.1. The number of nitrogens with two attached hydrogens (primary N) is 1. The van der Waals surface area contributed by atoms with Crippen LogP contribution in [0.3, 0.4) is 0 Å². The fourth-order valence-corrected chi connectivity index (χ4v) is 3.04. The van der Waals surface area contributed by atoms with Gasteiger partial charge in [-0.3, -0.25) is 4.79 Å². The number of carbonyl (C=O) groups is 1. The summed E-state index contributed by atoms with van der Waals surface area (Å²) in [7, 11) is 0. The minimum Gasteiger partial charge on any atom is -0.352 e. The van der Waals surface area contributed by atoms with Crippen LogP contribution in [-0.4, -0.2) is 28.3 Å². The van der Waals surface area contributed by atoms with Gasteiger partial charge >= 0.3 is 0 Å². The third-order valence-electron chi connectivity index (χ3n) is 4.57. The Kier molecular flexibility index (Phi) is 4.48. The molecule has 2 aromatic rings. The Morgan fingerprint density at radius 2 is 2.04 bits per heavy atom. The molecule has 0 bridgehead atoms. The maximum absolute atomic E-state index is 12.4. The number of nitrogens with zero attached hydrogens (tertiary/aromatic N) is 2. The molecule has 23 heavy (non-hydrogen) atoms. The first-order chi connectivity index (χ1) is 11.1. The highest BCUT2D eigenvalue weighted by Crippen LogP contribution is 2.32. The fraction of sp³-hybridized carbons (Fsp3) is 0.444. The molecule has 122 valence electrons. The highest BCUT2D eigenvalue weighted by atomic mass is 16.1. The van der Waals surface area contributed by atoms with E-state index in [0.717, 1.165) is 22.6 Å². The first-order valence-electron chi connectivity index (χ1n) is 8.20. The quantitative estimate of drug-likeness (QED) is 0.855. The molecule has 1 aliphatic rings. The number of hydrogen-bond donors (Lipinski definition) is 2. The summed E-state index contributed by atoms with van der Waals surface area (Å²) in [5, 5.41) is 7.67. The molecule has 1 amide bonds. The van der Waals surface area contributed by atoms with Crippen LogP contribution in [0, 0.1) is 19.8 Å². The zero-order valence-corrected chi connectivity index (χ0v) is 13.7. The molecular formula is C18H24N4O. The zero-order valence-electron chi connectivity index (χ0n) is 13.7. The average molecular weight is 312 g/mol. The van der Waals surface area contributed by atoms with Gasteiger partial charge in [0.2, 0.25) is 5.91 Å². The number of rotatable bonds is 6. The van der Waals surface area contributed by atoms with Gasteiger partial charge in [0.25, 0.3) is 0 Å². The number of amides is 1. The standard InChI is InChI=1S/C18H24N4O/c1-12-16(10-18(23)20-17(11-19)14-8-9-14)13(2)22(21-12)15-6-4-3-5-7-15/h3-7,14,17H,8-11,19H2,1-2H3,(H,20,23). The zero-order chi connectivity index (χ0) is 16.4. The van der Waals surface area contributed by atoms with E-state index in [-0.39, 0.29) is 11.9 Å². The number of carbonyl (C=O) groups excluding carboxylic acids is 1. The molecule has 1 aromatic heterocycles. The Morgan fingerprint density at radius 1 is 1.35 bits per heavy atom. The van der Waals surface area contributed by atoms with E-state index in [2.05, 4.69) is 10.4 Å². The van der Waals surface area contributed by atoms with Crippen LogP contribution in [0.2, 0.25) is 0 Å². The average Bonchev–Trinajstić information content (AvgIpc) is 3.36. The highest BCUT2D eigenvalue weighted by molar-refractivity contribution is 5.79. The van der Waals surface area contributed by atoms with E-state index in [0.29, 0.717) is 18.9 Å². The summed E-state index contributed by atoms with van der Waals surface area (Å²) in [4.78, 5) is 12.4. The molecule has 1 saturated carbocycles. The number of aryl methyl sites for hydroxylation is 1. The molecule has 1 aliphatic carbocycles. The fourth-order valence-electron chi connectivity index (χ4n) is 3.04. The van der Waals surface area contributed by atoms with Crippen LogP contribution in [0.4, 0.5) is 0 Å². The molecule has 0 radical (unpaired) electrons. The van der Waals surface area contributed by atoms with Crippen molar-refractivity contribution in [3.05, 3.63) is 47.3 Å². The lowest BCUT2D eigenvalue weighted by Crippen LogP contribution is -2.42. The van der Waals surface area contributed by atoms with E-state index < -0.39 is 0 Å². The number of nitrogens with one attached hydrogen (secondary N) is 1. The van der Waals surface area contributed by atoms with Gasteiger partial charge in [0, 0.05) is 23.8 Å². The molecule has 1 fully saturated rings. The van der Waals surface area contributed by atoms with Gasteiger partial charge in [-0.05, 0) is 44.7 Å². The topological polar surface area (TPSA) is 72.9 Å². The Labute approximate surface area is 136 Å². The van der Waals surface area contributed by atoms with E-state index in [1.807, 2.05) is 48.9 Å². The lowest BCUT2D eigenvalue weighted by atomic mass is 10.1. The van der Waals surface area contributed by atoms with Gasteiger partial charge in [-0.2, -0.15) is 5.10 Å². The molecule has 3 N–H and O–H groups in total. The van der Waals surface area contributed by atoms with Gasteiger partial charge in [-0.15, -0.1) is 0 Å². The molecule has 0 saturated heterocycles. The maximum Gasteiger partial charge on any atom is 0.224 e. The molecule has 1 aromatic carbocycles. The summed E-state index contributed by atoms with van der Waals surface area (Å²) in [6.07, 6.45) is 2.70. The number of aromatic nitrogens is 2. The molecular weight excluding hydrogens is 288 g/mol. The van der Waals surface area contributed by atoms with Crippen molar-refractivity contribution in [2.75, 3.05) is 6.54 Å². The van der Waals surface area contributed by atoms with Gasteiger partial charge in [0.1, 0.15) is 0 Å². The SMILES string of the molecule is Cc1nn(-c2ccccc2)c(C)c1CC(=O)NC(CN)C1CC1. The van der Waals surface area contributed by atoms with E-state index >= 15 is 0 Å². The molecule has 0 spiro atoms. The van der Waals surface area contributed by atoms with Crippen molar-refractivity contribution >= 4 is 5.91 Å². The Morgan fingerprint density at radius 3 is 2.65 bits per heavy atom. The summed E-state index contributed by atoms with van der Waals surface area (Å²) >= 11 is 0. The minimum absolute atomic E-state index is 0.0335. The third kappa shape index (κ3) is 3.45. The second-order valence-electron chi connectivity index (χ2n) is 6.32. The van der Waals surface area contributed by atoms with Gasteiger partial charge in [-0.1, -0.05) is 18.2 Å². The van der Waals surface area contributed by atoms with Crippen molar-refractivity contribution in [1.29, 1.82) is 0 Å². The van der Waals surface area contributed by atoms with Crippen molar-refractivity contribution in [2.45, 2.75) is 39.2 Å². The molecule has 0 aliphatic heterocycles. The second kappa shape index (κ2) is 6.54. The van der Waals surface area contributed by atoms with Crippen LogP contribution in [0.15, 0.2) is 30.3 Å². The third-order valence-corrected chi connectivity index (χ3v) is 4.57. The first-order valence-corrected chi connectivity index (χ1v) is 8.20. The predicted octanol–water partition coefficient (Wildman–Crippen LogP) is 1.89. The summed E-state index contributed by atoms with van der Waals surface area (Å²) in [5.41, 5.74) is 9.69.